The number of pyridine rings is 1. The molecule has 0 amide bonds. The van der Waals surface area contributed by atoms with Gasteiger partial charge in [-0.1, -0.05) is 0 Å². The molecule has 0 atom stereocenters. The number of nitrogens with zero attached hydrogens (tertiary/aromatic N) is 1. The van der Waals surface area contributed by atoms with Gasteiger partial charge in [0.15, 0.2) is 5.88 Å². The normalized spacial score (nSPS) is 9.92. The van der Waals surface area contributed by atoms with Crippen LogP contribution in [0.25, 0.3) is 0 Å². The second kappa shape index (κ2) is 3.30. The molecule has 1 rings (SSSR count). The molecule has 0 saturated heterocycles. The highest BCUT2D eigenvalue weighted by Crippen LogP contribution is 2.07. The van der Waals surface area contributed by atoms with Crippen molar-refractivity contribution in [1.82, 2.24) is 4.57 Å². The van der Waals surface area contributed by atoms with Gasteiger partial charge in [0.1, 0.15) is 6.54 Å². The maximum atomic E-state index is 11.1. The molecule has 5 heteroatoms. The van der Waals surface area contributed by atoms with E-state index < -0.39 is 18.1 Å². The number of aromatic hydroxyl groups is 1. The molecule has 0 unspecified atom stereocenters. The Balaban J connectivity index is 3.21. The van der Waals surface area contributed by atoms with E-state index in [2.05, 4.69) is 0 Å². The molecular formula is C8H9NO4. The zero-order valence-corrected chi connectivity index (χ0v) is 7.02. The van der Waals surface area contributed by atoms with Gasteiger partial charge in [-0.25, -0.2) is 0 Å². The van der Waals surface area contributed by atoms with E-state index in [1.165, 1.54) is 12.1 Å². The third-order valence-corrected chi connectivity index (χ3v) is 1.54. The first-order valence-electron chi connectivity index (χ1n) is 3.63. The number of aliphatic carboxylic acids is 1. The predicted octanol–water partition coefficient (Wildman–Crippen LogP) is -0.0531. The molecular weight excluding hydrogens is 174 g/mol. The first kappa shape index (κ1) is 9.31. The lowest BCUT2D eigenvalue weighted by molar-refractivity contribution is -0.137. The highest BCUT2D eigenvalue weighted by Gasteiger charge is 2.06. The summed E-state index contributed by atoms with van der Waals surface area (Å²) in [5, 5.41) is 17.6. The van der Waals surface area contributed by atoms with E-state index >= 15 is 0 Å². The van der Waals surface area contributed by atoms with Crippen LogP contribution in [0, 0.1) is 6.92 Å². The summed E-state index contributed by atoms with van der Waals surface area (Å²) in [5.41, 5.74) is 0.0871. The summed E-state index contributed by atoms with van der Waals surface area (Å²) < 4.78 is 0.787. The third kappa shape index (κ3) is 2.08. The Bertz CT molecular complexity index is 394. The summed E-state index contributed by atoms with van der Waals surface area (Å²) in [5.74, 6) is -1.49. The number of hydrogen-bond acceptors (Lipinski definition) is 3. The molecule has 0 aliphatic carbocycles. The fourth-order valence-corrected chi connectivity index (χ4v) is 1.00. The van der Waals surface area contributed by atoms with E-state index in [0.717, 1.165) is 4.57 Å². The average molecular weight is 183 g/mol. The van der Waals surface area contributed by atoms with Crippen molar-refractivity contribution in [3.8, 4) is 5.88 Å². The molecule has 0 aliphatic heterocycles. The van der Waals surface area contributed by atoms with E-state index in [1.54, 1.807) is 6.92 Å². The Morgan fingerprint density at radius 2 is 2.15 bits per heavy atom. The quantitative estimate of drug-likeness (QED) is 0.673. The minimum absolute atomic E-state index is 0.326. The Labute approximate surface area is 73.9 Å². The van der Waals surface area contributed by atoms with Gasteiger partial charge in [-0.05, 0) is 12.5 Å². The zero-order valence-electron chi connectivity index (χ0n) is 7.02. The van der Waals surface area contributed by atoms with E-state index in [4.69, 9.17) is 5.11 Å². The van der Waals surface area contributed by atoms with Crippen LogP contribution in [0.15, 0.2) is 16.9 Å². The average Bonchev–Trinajstić information content (AvgIpc) is 1.96. The second-order valence-electron chi connectivity index (χ2n) is 2.71. The fourth-order valence-electron chi connectivity index (χ4n) is 1.00. The van der Waals surface area contributed by atoms with Crippen molar-refractivity contribution < 1.29 is 15.0 Å². The minimum atomic E-state index is -1.17. The van der Waals surface area contributed by atoms with Crippen LogP contribution >= 0.6 is 0 Å². The molecule has 0 bridgehead atoms. The highest BCUT2D eigenvalue weighted by molar-refractivity contribution is 5.66. The van der Waals surface area contributed by atoms with Crippen molar-refractivity contribution in [1.29, 1.82) is 0 Å². The minimum Gasteiger partial charge on any atom is -0.494 e. The largest absolute Gasteiger partial charge is 0.494 e. The van der Waals surface area contributed by atoms with Crippen LogP contribution in [0.4, 0.5) is 0 Å². The summed E-state index contributed by atoms with van der Waals surface area (Å²) in [6.07, 6.45) is 0. The number of carbonyl (C=O) groups is 1. The zero-order chi connectivity index (χ0) is 10.0. The van der Waals surface area contributed by atoms with Gasteiger partial charge in [-0.3, -0.25) is 14.2 Å². The van der Waals surface area contributed by atoms with Crippen LogP contribution in [-0.4, -0.2) is 20.7 Å². The molecule has 1 heterocycles. The van der Waals surface area contributed by atoms with Gasteiger partial charge < -0.3 is 10.2 Å². The van der Waals surface area contributed by atoms with Crippen LogP contribution in [-0.2, 0) is 11.3 Å². The van der Waals surface area contributed by atoms with Crippen molar-refractivity contribution in [2.45, 2.75) is 13.5 Å². The molecule has 1 aromatic rings. The van der Waals surface area contributed by atoms with E-state index in [-0.39, 0.29) is 5.88 Å². The SMILES string of the molecule is Cc1cc(O)n(CC(=O)O)c(=O)c1. The number of carboxylic acids is 1. The number of rotatable bonds is 2. The Kier molecular flexibility index (Phi) is 2.36. The first-order chi connectivity index (χ1) is 6.00. The molecule has 5 nitrogen and oxygen atoms in total. The smallest absolute Gasteiger partial charge is 0.323 e. The van der Waals surface area contributed by atoms with Crippen molar-refractivity contribution in [3.63, 3.8) is 0 Å². The molecule has 13 heavy (non-hydrogen) atoms. The Hall–Kier alpha value is -1.78. The van der Waals surface area contributed by atoms with Crippen molar-refractivity contribution in [2.75, 3.05) is 0 Å². The van der Waals surface area contributed by atoms with Crippen LogP contribution in [0.5, 0.6) is 5.88 Å². The van der Waals surface area contributed by atoms with Gasteiger partial charge in [-0.15, -0.1) is 0 Å². The van der Waals surface area contributed by atoms with E-state index in [1.807, 2.05) is 0 Å². The molecule has 0 aromatic carbocycles. The molecule has 0 fully saturated rings. The van der Waals surface area contributed by atoms with E-state index in [0.29, 0.717) is 5.56 Å². The van der Waals surface area contributed by atoms with Crippen molar-refractivity contribution >= 4 is 5.97 Å². The summed E-state index contributed by atoms with van der Waals surface area (Å²) in [7, 11) is 0. The molecule has 0 aliphatic rings. The molecule has 0 spiro atoms. The lowest BCUT2D eigenvalue weighted by Crippen LogP contribution is -2.23. The van der Waals surface area contributed by atoms with Crippen LogP contribution in [0.3, 0.4) is 0 Å². The van der Waals surface area contributed by atoms with Gasteiger partial charge in [0.05, 0.1) is 0 Å². The molecule has 2 N–H and O–H groups in total. The molecule has 0 saturated carbocycles. The highest BCUT2D eigenvalue weighted by atomic mass is 16.4. The van der Waals surface area contributed by atoms with Gasteiger partial charge in [0, 0.05) is 12.1 Å². The number of aryl methyl sites for hydroxylation is 1. The summed E-state index contributed by atoms with van der Waals surface area (Å²) >= 11 is 0. The van der Waals surface area contributed by atoms with Crippen LogP contribution in [0.1, 0.15) is 5.56 Å². The van der Waals surface area contributed by atoms with Crippen molar-refractivity contribution in [2.24, 2.45) is 0 Å². The maximum absolute atomic E-state index is 11.1. The summed E-state index contributed by atoms with van der Waals surface area (Å²) in [4.78, 5) is 21.4. The van der Waals surface area contributed by atoms with Gasteiger partial charge in [-0.2, -0.15) is 0 Å². The third-order valence-electron chi connectivity index (χ3n) is 1.54. The van der Waals surface area contributed by atoms with Crippen molar-refractivity contribution in [3.05, 3.63) is 28.0 Å². The lowest BCUT2D eigenvalue weighted by atomic mass is 10.3. The molecule has 1 aromatic heterocycles. The maximum Gasteiger partial charge on any atom is 0.323 e. The van der Waals surface area contributed by atoms with Crippen LogP contribution in [0.2, 0.25) is 0 Å². The van der Waals surface area contributed by atoms with Gasteiger partial charge in [0.2, 0.25) is 0 Å². The van der Waals surface area contributed by atoms with E-state index in [9.17, 15) is 14.7 Å². The second-order valence-corrected chi connectivity index (χ2v) is 2.71. The summed E-state index contributed by atoms with van der Waals surface area (Å²) in [6, 6.07) is 2.60. The number of carboxylic acid groups (broad SMARTS) is 1. The Morgan fingerprint density at radius 3 is 2.62 bits per heavy atom. The monoisotopic (exact) mass is 183 g/mol. The van der Waals surface area contributed by atoms with Crippen LogP contribution < -0.4 is 5.56 Å². The molecule has 0 radical (unpaired) electrons. The fraction of sp³-hybridized carbons (Fsp3) is 0.250. The number of hydrogen-bond donors (Lipinski definition) is 2. The number of aromatic nitrogens is 1. The first-order valence-corrected chi connectivity index (χ1v) is 3.63. The summed E-state index contributed by atoms with van der Waals surface area (Å²) in [6.45, 7) is 1.12. The van der Waals surface area contributed by atoms with Gasteiger partial charge >= 0.3 is 5.97 Å². The predicted molar refractivity (Wildman–Crippen MR) is 44.7 cm³/mol. The lowest BCUT2D eigenvalue weighted by Gasteiger charge is -2.05. The van der Waals surface area contributed by atoms with Gasteiger partial charge in [0.25, 0.3) is 5.56 Å². The Morgan fingerprint density at radius 1 is 1.54 bits per heavy atom. The standard InChI is InChI=1S/C8H9NO4/c1-5-2-6(10)9(4-8(12)13)7(11)3-5/h2-3,10H,4H2,1H3,(H,12,13). The molecule has 70 valence electrons. The topological polar surface area (TPSA) is 79.5 Å².